The largest absolute Gasteiger partial charge is 0.329 e. The number of rotatable bonds is 2. The molecule has 0 saturated heterocycles. The van der Waals surface area contributed by atoms with Crippen molar-refractivity contribution in [3.8, 4) is 11.3 Å². The van der Waals surface area contributed by atoms with Crippen LogP contribution in [0.2, 0.25) is 0 Å². The number of carbonyl (C=O) groups is 1. The van der Waals surface area contributed by atoms with Crippen LogP contribution in [0.4, 0.5) is 0 Å². The molecule has 3 heterocycles. The summed E-state index contributed by atoms with van der Waals surface area (Å²) in [6, 6.07) is 10.3. The Morgan fingerprint density at radius 2 is 1.92 bits per heavy atom. The summed E-state index contributed by atoms with van der Waals surface area (Å²) in [6.07, 6.45) is 5.30. The number of nitrogens with zero attached hydrogens (tertiary/aromatic N) is 4. The second kappa shape index (κ2) is 6.16. The van der Waals surface area contributed by atoms with Crippen LogP contribution in [0, 0.1) is 13.8 Å². The molecule has 0 saturated carbocycles. The fourth-order valence-corrected chi connectivity index (χ4v) is 3.32. The minimum Gasteiger partial charge on any atom is -0.329 e. The van der Waals surface area contributed by atoms with Gasteiger partial charge in [-0.05, 0) is 31.5 Å². The molecule has 0 unspecified atom stereocenters. The number of amides is 1. The van der Waals surface area contributed by atoms with E-state index in [2.05, 4.69) is 45.7 Å². The standard InChI is InChI=1S/C20H20N4O/c1-14-4-3-5-16(8-14)18-12-22-19-13-23(6-7-24(18)19)20(25)17-9-15(2)10-21-11-17/h3-5,8-12H,6-7,13H2,1-2H3. The molecule has 4 rings (SSSR count). The molecular weight excluding hydrogens is 312 g/mol. The summed E-state index contributed by atoms with van der Waals surface area (Å²) in [7, 11) is 0. The van der Waals surface area contributed by atoms with E-state index in [1.807, 2.05) is 24.1 Å². The van der Waals surface area contributed by atoms with Crippen LogP contribution in [0.25, 0.3) is 11.3 Å². The first-order valence-electron chi connectivity index (χ1n) is 8.44. The third kappa shape index (κ3) is 2.93. The molecule has 0 N–H and O–H groups in total. The van der Waals surface area contributed by atoms with Gasteiger partial charge in [0, 0.05) is 31.0 Å². The fourth-order valence-electron chi connectivity index (χ4n) is 3.32. The van der Waals surface area contributed by atoms with E-state index in [0.29, 0.717) is 18.7 Å². The first-order chi connectivity index (χ1) is 12.1. The number of fused-ring (bicyclic) bond motifs is 1. The predicted octanol–water partition coefficient (Wildman–Crippen LogP) is 3.22. The normalized spacial score (nSPS) is 13.6. The topological polar surface area (TPSA) is 51.0 Å². The molecule has 0 fully saturated rings. The van der Waals surface area contributed by atoms with Gasteiger partial charge >= 0.3 is 0 Å². The van der Waals surface area contributed by atoms with Crippen LogP contribution in [-0.4, -0.2) is 31.9 Å². The molecule has 0 spiro atoms. The minimum atomic E-state index is 0.0163. The molecule has 25 heavy (non-hydrogen) atoms. The highest BCUT2D eigenvalue weighted by Gasteiger charge is 2.24. The van der Waals surface area contributed by atoms with Crippen LogP contribution >= 0.6 is 0 Å². The molecule has 0 radical (unpaired) electrons. The number of pyridine rings is 1. The number of carbonyl (C=O) groups excluding carboxylic acids is 1. The maximum absolute atomic E-state index is 12.7. The summed E-state index contributed by atoms with van der Waals surface area (Å²) < 4.78 is 2.22. The maximum Gasteiger partial charge on any atom is 0.255 e. The van der Waals surface area contributed by atoms with Gasteiger partial charge in [0.25, 0.3) is 5.91 Å². The molecular formula is C20H20N4O. The van der Waals surface area contributed by atoms with Gasteiger partial charge in [-0.3, -0.25) is 9.78 Å². The molecule has 0 bridgehead atoms. The minimum absolute atomic E-state index is 0.0163. The molecule has 2 aromatic heterocycles. The molecule has 3 aromatic rings. The molecule has 1 aliphatic rings. The van der Waals surface area contributed by atoms with Crippen molar-refractivity contribution in [1.29, 1.82) is 0 Å². The van der Waals surface area contributed by atoms with E-state index in [4.69, 9.17) is 0 Å². The lowest BCUT2D eigenvalue weighted by Gasteiger charge is -2.28. The third-order valence-corrected chi connectivity index (χ3v) is 4.59. The van der Waals surface area contributed by atoms with Crippen molar-refractivity contribution in [3.05, 3.63) is 71.4 Å². The Hall–Kier alpha value is -2.95. The van der Waals surface area contributed by atoms with Crippen LogP contribution in [0.5, 0.6) is 0 Å². The summed E-state index contributed by atoms with van der Waals surface area (Å²) in [5, 5.41) is 0. The van der Waals surface area contributed by atoms with Gasteiger partial charge in [0.1, 0.15) is 5.82 Å². The first-order valence-corrected chi connectivity index (χ1v) is 8.44. The molecule has 5 nitrogen and oxygen atoms in total. The van der Waals surface area contributed by atoms with E-state index in [1.165, 1.54) is 11.1 Å². The zero-order valence-corrected chi connectivity index (χ0v) is 14.4. The van der Waals surface area contributed by atoms with Crippen LogP contribution in [-0.2, 0) is 13.1 Å². The quantitative estimate of drug-likeness (QED) is 0.724. The molecule has 1 aromatic carbocycles. The smallest absolute Gasteiger partial charge is 0.255 e. The Morgan fingerprint density at radius 3 is 2.72 bits per heavy atom. The number of hydrogen-bond donors (Lipinski definition) is 0. The lowest BCUT2D eigenvalue weighted by molar-refractivity contribution is 0.0707. The molecule has 0 atom stereocenters. The highest BCUT2D eigenvalue weighted by atomic mass is 16.2. The summed E-state index contributed by atoms with van der Waals surface area (Å²) in [5.74, 6) is 0.944. The van der Waals surface area contributed by atoms with Gasteiger partial charge in [0.2, 0.25) is 0 Å². The van der Waals surface area contributed by atoms with Gasteiger partial charge in [-0.2, -0.15) is 0 Å². The van der Waals surface area contributed by atoms with E-state index >= 15 is 0 Å². The SMILES string of the molecule is Cc1cncc(C(=O)N2CCn3c(-c4cccc(C)c4)cnc3C2)c1. The molecule has 5 heteroatoms. The zero-order valence-electron chi connectivity index (χ0n) is 14.4. The summed E-state index contributed by atoms with van der Waals surface area (Å²) in [5.41, 5.74) is 5.14. The Balaban J connectivity index is 1.60. The van der Waals surface area contributed by atoms with Gasteiger partial charge in [0.05, 0.1) is 24.0 Å². The Labute approximate surface area is 147 Å². The van der Waals surface area contributed by atoms with Gasteiger partial charge < -0.3 is 9.47 Å². The Bertz CT molecular complexity index is 944. The number of aryl methyl sites for hydroxylation is 2. The fraction of sp³-hybridized carbons (Fsp3) is 0.250. The van der Waals surface area contributed by atoms with Crippen molar-refractivity contribution in [2.75, 3.05) is 6.54 Å². The van der Waals surface area contributed by atoms with Gasteiger partial charge in [-0.1, -0.05) is 23.8 Å². The van der Waals surface area contributed by atoms with Crippen molar-refractivity contribution in [1.82, 2.24) is 19.4 Å². The summed E-state index contributed by atoms with van der Waals surface area (Å²) in [6.45, 7) is 5.99. The van der Waals surface area contributed by atoms with E-state index in [1.54, 1.807) is 12.4 Å². The van der Waals surface area contributed by atoms with Crippen LogP contribution < -0.4 is 0 Å². The zero-order chi connectivity index (χ0) is 17.4. The lowest BCUT2D eigenvalue weighted by atomic mass is 10.1. The number of benzene rings is 1. The molecule has 1 aliphatic heterocycles. The molecule has 0 aliphatic carbocycles. The average Bonchev–Trinajstić information content (AvgIpc) is 3.04. The predicted molar refractivity (Wildman–Crippen MR) is 96.1 cm³/mol. The second-order valence-electron chi connectivity index (χ2n) is 6.56. The maximum atomic E-state index is 12.7. The van der Waals surface area contributed by atoms with Crippen LogP contribution in [0.1, 0.15) is 27.3 Å². The Kier molecular flexibility index (Phi) is 3.84. The third-order valence-electron chi connectivity index (χ3n) is 4.59. The van der Waals surface area contributed by atoms with E-state index < -0.39 is 0 Å². The van der Waals surface area contributed by atoms with Crippen molar-refractivity contribution in [2.24, 2.45) is 0 Å². The highest BCUT2D eigenvalue weighted by molar-refractivity contribution is 5.94. The van der Waals surface area contributed by atoms with E-state index in [9.17, 15) is 4.79 Å². The van der Waals surface area contributed by atoms with Crippen molar-refractivity contribution in [2.45, 2.75) is 26.9 Å². The van der Waals surface area contributed by atoms with E-state index in [0.717, 1.165) is 23.6 Å². The van der Waals surface area contributed by atoms with E-state index in [-0.39, 0.29) is 5.91 Å². The monoisotopic (exact) mass is 332 g/mol. The first kappa shape index (κ1) is 15.6. The second-order valence-corrected chi connectivity index (χ2v) is 6.56. The van der Waals surface area contributed by atoms with Crippen molar-refractivity contribution in [3.63, 3.8) is 0 Å². The van der Waals surface area contributed by atoms with Crippen LogP contribution in [0.3, 0.4) is 0 Å². The van der Waals surface area contributed by atoms with Gasteiger partial charge in [0.15, 0.2) is 0 Å². The number of aromatic nitrogens is 3. The molecule has 1 amide bonds. The van der Waals surface area contributed by atoms with Gasteiger partial charge in [-0.25, -0.2) is 4.98 Å². The number of hydrogen-bond acceptors (Lipinski definition) is 3. The summed E-state index contributed by atoms with van der Waals surface area (Å²) >= 11 is 0. The Morgan fingerprint density at radius 1 is 1.04 bits per heavy atom. The highest BCUT2D eigenvalue weighted by Crippen LogP contribution is 2.25. The van der Waals surface area contributed by atoms with Crippen molar-refractivity contribution >= 4 is 5.91 Å². The average molecular weight is 332 g/mol. The number of imidazole rings is 1. The van der Waals surface area contributed by atoms with Gasteiger partial charge in [-0.15, -0.1) is 0 Å². The van der Waals surface area contributed by atoms with Crippen molar-refractivity contribution < 1.29 is 4.79 Å². The lowest BCUT2D eigenvalue weighted by Crippen LogP contribution is -2.38. The van der Waals surface area contributed by atoms with Crippen LogP contribution in [0.15, 0.2) is 48.9 Å². The molecule has 126 valence electrons. The summed E-state index contributed by atoms with van der Waals surface area (Å²) in [4.78, 5) is 23.3.